The van der Waals surface area contributed by atoms with Crippen molar-refractivity contribution in [2.24, 2.45) is 0 Å². The van der Waals surface area contributed by atoms with E-state index in [9.17, 15) is 9.59 Å². The molecule has 70 valence electrons. The molecule has 1 aromatic rings. The molecule has 1 aromatic carbocycles. The van der Waals surface area contributed by atoms with Crippen molar-refractivity contribution in [2.75, 3.05) is 0 Å². The Morgan fingerprint density at radius 2 is 1.33 bits per heavy atom. The number of hydrogen-bond donors (Lipinski definition) is 0. The topological polar surface area (TPSA) is 42.9 Å². The van der Waals surface area contributed by atoms with Crippen LogP contribution in [0.2, 0.25) is 0 Å². The number of hydrogen-bond acceptors (Lipinski definition) is 2. The summed E-state index contributed by atoms with van der Waals surface area (Å²) in [5.41, 5.74) is 0.815. The van der Waals surface area contributed by atoms with E-state index in [2.05, 4.69) is 9.69 Å². The molecule has 0 N–H and O–H groups in total. The maximum Gasteiger partial charge on any atom is 0.195 e. The fourth-order valence-electron chi connectivity index (χ4n) is 1.55. The lowest BCUT2D eigenvalue weighted by Crippen LogP contribution is -1.90. The summed E-state index contributed by atoms with van der Waals surface area (Å²) in [6.45, 7) is 13.7. The zero-order valence-corrected chi connectivity index (χ0v) is 7.57. The average molecular weight is 196 g/mol. The maximum atomic E-state index is 11.3. The van der Waals surface area contributed by atoms with Crippen molar-refractivity contribution < 1.29 is 9.59 Å². The number of benzene rings is 1. The number of ketones is 2. The minimum Gasteiger partial charge on any atom is -0.294 e. The first-order valence-electron chi connectivity index (χ1n) is 4.16. The van der Waals surface area contributed by atoms with E-state index >= 15 is 0 Å². The maximum absolute atomic E-state index is 11.3. The third-order valence-electron chi connectivity index (χ3n) is 2.28. The van der Waals surface area contributed by atoms with Crippen molar-refractivity contribution in [1.29, 1.82) is 0 Å². The van der Waals surface area contributed by atoms with Gasteiger partial charge in [-0.05, 0) is 0 Å². The van der Waals surface area contributed by atoms with Crippen LogP contribution in [0.5, 0.6) is 0 Å². The lowest BCUT2D eigenvalue weighted by atomic mass is 10.1. The van der Waals surface area contributed by atoms with Crippen molar-refractivity contribution in [3.63, 3.8) is 0 Å². The number of fused-ring (bicyclic) bond motifs is 1. The van der Waals surface area contributed by atoms with Gasteiger partial charge in [0, 0.05) is 11.1 Å². The van der Waals surface area contributed by atoms with Crippen LogP contribution in [0.3, 0.4) is 0 Å². The van der Waals surface area contributed by atoms with Crippen molar-refractivity contribution in [3.05, 3.63) is 46.1 Å². The monoisotopic (exact) mass is 196 g/mol. The predicted octanol–water partition coefficient (Wildman–Crippen LogP) is 2.56. The van der Waals surface area contributed by atoms with Gasteiger partial charge in [0.15, 0.2) is 22.9 Å². The molecule has 0 bridgehead atoms. The lowest BCUT2D eigenvalue weighted by molar-refractivity contribution is 0.0923. The second-order valence-corrected chi connectivity index (χ2v) is 3.13. The molecule has 0 saturated heterocycles. The fourth-order valence-corrected chi connectivity index (χ4v) is 1.55. The van der Waals surface area contributed by atoms with E-state index in [-0.39, 0.29) is 40.5 Å². The van der Waals surface area contributed by atoms with Gasteiger partial charge in [0.05, 0.1) is 19.6 Å². The van der Waals surface area contributed by atoms with Gasteiger partial charge in [-0.15, -0.1) is 0 Å². The molecule has 4 heteroatoms. The van der Waals surface area contributed by atoms with Gasteiger partial charge in [0.1, 0.15) is 0 Å². The van der Waals surface area contributed by atoms with E-state index < -0.39 is 0 Å². The Kier molecular flexibility index (Phi) is 1.85. The molecule has 0 aromatic heterocycles. The van der Waals surface area contributed by atoms with E-state index in [1.165, 1.54) is 12.1 Å². The van der Waals surface area contributed by atoms with Crippen molar-refractivity contribution in [1.82, 2.24) is 0 Å². The molecule has 0 saturated carbocycles. The van der Waals surface area contributed by atoms with Gasteiger partial charge < -0.3 is 0 Å². The van der Waals surface area contributed by atoms with Gasteiger partial charge >= 0.3 is 0 Å². The summed E-state index contributed by atoms with van der Waals surface area (Å²) in [5.74, 6) is -0.534. The van der Waals surface area contributed by atoms with Gasteiger partial charge in [-0.2, -0.15) is 0 Å². The Morgan fingerprint density at radius 1 is 0.933 bits per heavy atom. The van der Waals surface area contributed by atoms with Crippen LogP contribution in [-0.4, -0.2) is 11.6 Å². The first-order chi connectivity index (χ1) is 7.17. The molecule has 1 aliphatic rings. The smallest absolute Gasteiger partial charge is 0.195 e. The molecule has 0 radical (unpaired) electrons. The van der Waals surface area contributed by atoms with Crippen LogP contribution >= 0.6 is 0 Å². The Balaban J connectivity index is 2.77. The molecule has 0 heterocycles. The second-order valence-electron chi connectivity index (χ2n) is 3.13. The Labute approximate surface area is 85.8 Å². The Hall–Kier alpha value is -2.46. The highest BCUT2D eigenvalue weighted by Gasteiger charge is 2.28. The summed E-state index contributed by atoms with van der Waals surface area (Å²) in [6, 6.07) is 2.67. The highest BCUT2D eigenvalue weighted by molar-refractivity contribution is 6.25. The minimum absolute atomic E-state index is 0.131. The van der Waals surface area contributed by atoms with Gasteiger partial charge in [-0.3, -0.25) is 19.3 Å². The largest absolute Gasteiger partial charge is 0.294 e. The molecule has 0 spiro atoms. The second kappa shape index (κ2) is 3.04. The molecule has 0 unspecified atom stereocenters. The van der Waals surface area contributed by atoms with Crippen LogP contribution < -0.4 is 0 Å². The molecule has 15 heavy (non-hydrogen) atoms. The average Bonchev–Trinajstić information content (AvgIpc) is 2.52. The zero-order chi connectivity index (χ0) is 11.0. The highest BCUT2D eigenvalue weighted by atomic mass is 16.2. The highest BCUT2D eigenvalue weighted by Crippen LogP contribution is 2.35. The van der Waals surface area contributed by atoms with Gasteiger partial charge in [0.2, 0.25) is 0 Å². The standard InChI is InChI=1S/C11H4N2O2/c1-12-8-3-6-7(4-9(8)13-2)11(15)5-10(6)14/h3-4H,5H2. The first-order valence-corrected chi connectivity index (χ1v) is 4.16. The van der Waals surface area contributed by atoms with E-state index in [4.69, 9.17) is 13.1 Å². The molecule has 0 amide bonds. The van der Waals surface area contributed by atoms with Gasteiger partial charge in [-0.25, -0.2) is 0 Å². The summed E-state index contributed by atoms with van der Waals surface area (Å²) in [6.07, 6.45) is -0.145. The molecule has 0 fully saturated rings. The minimum atomic E-state index is -0.267. The van der Waals surface area contributed by atoms with Crippen LogP contribution in [0.1, 0.15) is 27.1 Å². The quantitative estimate of drug-likeness (QED) is 0.472. The van der Waals surface area contributed by atoms with Crippen LogP contribution in [0.25, 0.3) is 9.69 Å². The Bertz CT molecular complexity index is 522. The van der Waals surface area contributed by atoms with E-state index in [0.717, 1.165) is 0 Å². The predicted molar refractivity (Wildman–Crippen MR) is 52.2 cm³/mol. The SMILES string of the molecule is [C-]#[N+]c1cc2c(cc1[N+]#[C-])C(=O)CC2=O. The molecule has 0 aliphatic heterocycles. The Morgan fingerprint density at radius 3 is 1.67 bits per heavy atom. The van der Waals surface area contributed by atoms with Crippen LogP contribution in [-0.2, 0) is 0 Å². The van der Waals surface area contributed by atoms with E-state index in [1.807, 2.05) is 0 Å². The summed E-state index contributed by atoms with van der Waals surface area (Å²) >= 11 is 0. The summed E-state index contributed by atoms with van der Waals surface area (Å²) in [5, 5.41) is 0. The molecule has 4 nitrogen and oxygen atoms in total. The lowest BCUT2D eigenvalue weighted by Gasteiger charge is -1.99. The molecular weight excluding hydrogens is 192 g/mol. The third kappa shape index (κ3) is 1.20. The summed E-state index contributed by atoms with van der Waals surface area (Å²) < 4.78 is 0. The van der Waals surface area contributed by atoms with Crippen LogP contribution in [0, 0.1) is 13.1 Å². The first kappa shape index (κ1) is 9.11. The number of carbonyl (C=O) groups excluding carboxylic acids is 2. The van der Waals surface area contributed by atoms with Gasteiger partial charge in [0.25, 0.3) is 0 Å². The number of Topliss-reactive ketones (excluding diaryl/α,β-unsaturated/α-hetero) is 2. The number of carbonyl (C=O) groups is 2. The van der Waals surface area contributed by atoms with Gasteiger partial charge in [-0.1, -0.05) is 12.1 Å². The summed E-state index contributed by atoms with van der Waals surface area (Å²) in [4.78, 5) is 29.0. The van der Waals surface area contributed by atoms with Crippen molar-refractivity contribution >= 4 is 22.9 Å². The number of rotatable bonds is 0. The molecule has 0 atom stereocenters. The third-order valence-corrected chi connectivity index (χ3v) is 2.28. The molecule has 2 rings (SSSR count). The van der Waals surface area contributed by atoms with Crippen molar-refractivity contribution in [3.8, 4) is 0 Å². The number of nitrogens with zero attached hydrogens (tertiary/aromatic N) is 2. The fraction of sp³-hybridized carbons (Fsp3) is 0.0909. The van der Waals surface area contributed by atoms with Crippen LogP contribution in [0.4, 0.5) is 11.4 Å². The normalized spacial score (nSPS) is 13.2. The molecular formula is C11H4N2O2. The zero-order valence-electron chi connectivity index (χ0n) is 7.57. The van der Waals surface area contributed by atoms with Crippen molar-refractivity contribution in [2.45, 2.75) is 6.42 Å². The summed E-state index contributed by atoms with van der Waals surface area (Å²) in [7, 11) is 0. The van der Waals surface area contributed by atoms with E-state index in [0.29, 0.717) is 0 Å². The molecule has 1 aliphatic carbocycles. The van der Waals surface area contributed by atoms with Crippen LogP contribution in [0.15, 0.2) is 12.1 Å². The van der Waals surface area contributed by atoms with E-state index in [1.54, 1.807) is 0 Å².